The van der Waals surface area contributed by atoms with E-state index in [0.29, 0.717) is 11.1 Å². The molecular formula is C16H14N4O3. The summed E-state index contributed by atoms with van der Waals surface area (Å²) in [5.74, 6) is 0.329. The van der Waals surface area contributed by atoms with Crippen LogP contribution in [0.2, 0.25) is 0 Å². The van der Waals surface area contributed by atoms with Crippen molar-refractivity contribution in [1.29, 1.82) is 0 Å². The van der Waals surface area contributed by atoms with Gasteiger partial charge in [-0.25, -0.2) is 10.4 Å². The number of carbonyl (C=O) groups is 1. The lowest BCUT2D eigenvalue weighted by Gasteiger charge is -2.01. The molecule has 7 nitrogen and oxygen atoms in total. The Morgan fingerprint density at radius 2 is 2.09 bits per heavy atom. The molecule has 0 fully saturated rings. The van der Waals surface area contributed by atoms with Crippen LogP contribution in [0.4, 0.5) is 0 Å². The molecule has 0 aliphatic carbocycles. The van der Waals surface area contributed by atoms with E-state index in [1.54, 1.807) is 18.2 Å². The van der Waals surface area contributed by atoms with Crippen LogP contribution in [0.1, 0.15) is 21.7 Å². The predicted octanol–water partition coefficient (Wildman–Crippen LogP) is 2.05. The Morgan fingerprint density at radius 3 is 2.91 bits per heavy atom. The van der Waals surface area contributed by atoms with Gasteiger partial charge in [0.05, 0.1) is 17.2 Å². The summed E-state index contributed by atoms with van der Waals surface area (Å²) in [6, 6.07) is 9.12. The zero-order valence-electron chi connectivity index (χ0n) is 12.2. The van der Waals surface area contributed by atoms with Crippen molar-refractivity contribution >= 4 is 23.2 Å². The van der Waals surface area contributed by atoms with Crippen molar-refractivity contribution in [2.24, 2.45) is 5.10 Å². The maximum Gasteiger partial charge on any atom is 0.271 e. The lowest BCUT2D eigenvalue weighted by atomic mass is 10.2. The fourth-order valence-corrected chi connectivity index (χ4v) is 2.15. The zero-order chi connectivity index (χ0) is 16.4. The molecule has 3 aromatic rings. The molecule has 2 aromatic carbocycles. The van der Waals surface area contributed by atoms with E-state index in [1.165, 1.54) is 24.4 Å². The first kappa shape index (κ1) is 14.6. The molecule has 0 aliphatic rings. The number of carbonyl (C=O) groups excluding carboxylic acids is 1. The minimum Gasteiger partial charge on any atom is -0.508 e. The quantitative estimate of drug-likeness (QED) is 0.337. The first-order valence-corrected chi connectivity index (χ1v) is 6.85. The molecule has 0 saturated heterocycles. The maximum atomic E-state index is 12.1. The number of rotatable bonds is 3. The first-order valence-electron chi connectivity index (χ1n) is 6.85. The summed E-state index contributed by atoms with van der Waals surface area (Å²) in [5.41, 5.74) is 4.65. The van der Waals surface area contributed by atoms with Crippen LogP contribution in [0, 0.1) is 6.92 Å². The van der Waals surface area contributed by atoms with Gasteiger partial charge in [0.25, 0.3) is 5.91 Å². The summed E-state index contributed by atoms with van der Waals surface area (Å²) < 4.78 is 0. The average Bonchev–Trinajstić information content (AvgIpc) is 2.89. The van der Waals surface area contributed by atoms with Crippen LogP contribution in [0.25, 0.3) is 11.0 Å². The minimum absolute atomic E-state index is 0.00403. The fraction of sp³-hybridized carbons (Fsp3) is 0.0625. The Balaban J connectivity index is 1.75. The van der Waals surface area contributed by atoms with E-state index < -0.39 is 5.91 Å². The second-order valence-corrected chi connectivity index (χ2v) is 5.00. The summed E-state index contributed by atoms with van der Waals surface area (Å²) in [6.45, 7) is 1.84. The lowest BCUT2D eigenvalue weighted by Crippen LogP contribution is -2.17. The topological polar surface area (TPSA) is 111 Å². The van der Waals surface area contributed by atoms with Crippen LogP contribution >= 0.6 is 0 Å². The van der Waals surface area contributed by atoms with Gasteiger partial charge in [-0.1, -0.05) is 0 Å². The van der Waals surface area contributed by atoms with E-state index in [9.17, 15) is 15.0 Å². The number of hydrazone groups is 1. The number of phenolic OH excluding ortho intramolecular Hbond substituents is 2. The van der Waals surface area contributed by atoms with Gasteiger partial charge >= 0.3 is 0 Å². The van der Waals surface area contributed by atoms with Gasteiger partial charge in [-0.3, -0.25) is 4.79 Å². The normalized spacial score (nSPS) is 11.2. The van der Waals surface area contributed by atoms with E-state index in [0.717, 1.165) is 16.9 Å². The number of aromatic amines is 1. The molecule has 7 heteroatoms. The van der Waals surface area contributed by atoms with E-state index in [-0.39, 0.29) is 11.5 Å². The van der Waals surface area contributed by atoms with Crippen molar-refractivity contribution in [3.05, 3.63) is 53.3 Å². The van der Waals surface area contributed by atoms with Gasteiger partial charge < -0.3 is 15.2 Å². The molecule has 0 saturated carbocycles. The second kappa shape index (κ2) is 5.80. The molecule has 0 bridgehead atoms. The number of aryl methyl sites for hydroxylation is 1. The van der Waals surface area contributed by atoms with Crippen LogP contribution in [-0.4, -0.2) is 32.3 Å². The number of phenols is 2. The number of nitrogens with zero attached hydrogens (tertiary/aromatic N) is 2. The van der Waals surface area contributed by atoms with E-state index >= 15 is 0 Å². The van der Waals surface area contributed by atoms with Gasteiger partial charge in [-0.15, -0.1) is 0 Å². The lowest BCUT2D eigenvalue weighted by molar-refractivity contribution is 0.0955. The number of H-pyrrole nitrogens is 1. The molecule has 1 heterocycles. The van der Waals surface area contributed by atoms with Crippen LogP contribution in [0.3, 0.4) is 0 Å². The highest BCUT2D eigenvalue weighted by Gasteiger charge is 2.07. The smallest absolute Gasteiger partial charge is 0.271 e. The van der Waals surface area contributed by atoms with E-state index in [2.05, 4.69) is 20.5 Å². The van der Waals surface area contributed by atoms with Gasteiger partial charge in [0.1, 0.15) is 17.3 Å². The van der Waals surface area contributed by atoms with Crippen LogP contribution < -0.4 is 5.43 Å². The van der Waals surface area contributed by atoms with Gasteiger partial charge in [-0.05, 0) is 43.3 Å². The van der Waals surface area contributed by atoms with Crippen LogP contribution in [0.5, 0.6) is 11.5 Å². The van der Waals surface area contributed by atoms with E-state index in [4.69, 9.17) is 0 Å². The number of hydrogen-bond donors (Lipinski definition) is 4. The van der Waals surface area contributed by atoms with Gasteiger partial charge in [-0.2, -0.15) is 5.10 Å². The third-order valence-corrected chi connectivity index (χ3v) is 3.24. The zero-order valence-corrected chi connectivity index (χ0v) is 12.2. The number of benzene rings is 2. The number of nitrogens with one attached hydrogen (secondary N) is 2. The molecule has 1 aromatic heterocycles. The molecule has 0 unspecified atom stereocenters. The molecule has 1 amide bonds. The Labute approximate surface area is 131 Å². The summed E-state index contributed by atoms with van der Waals surface area (Å²) >= 11 is 0. The molecule has 4 N–H and O–H groups in total. The van der Waals surface area contributed by atoms with Crippen molar-refractivity contribution in [3.63, 3.8) is 0 Å². The Bertz CT molecular complexity index is 915. The maximum absolute atomic E-state index is 12.1. The number of imidazole rings is 1. The summed E-state index contributed by atoms with van der Waals surface area (Å²) in [6.07, 6.45) is 1.26. The highest BCUT2D eigenvalue weighted by atomic mass is 16.3. The molecule has 23 heavy (non-hydrogen) atoms. The molecular weight excluding hydrogens is 296 g/mol. The average molecular weight is 310 g/mol. The third-order valence-electron chi connectivity index (χ3n) is 3.24. The Kier molecular flexibility index (Phi) is 3.68. The first-order chi connectivity index (χ1) is 11.0. The predicted molar refractivity (Wildman–Crippen MR) is 85.7 cm³/mol. The fourth-order valence-electron chi connectivity index (χ4n) is 2.15. The highest BCUT2D eigenvalue weighted by Crippen LogP contribution is 2.20. The van der Waals surface area contributed by atoms with Gasteiger partial charge in [0, 0.05) is 11.1 Å². The SMILES string of the molecule is Cc1nc2ccc(C(=O)N/N=C/c3cc(O)ccc3O)cc2[nH]1. The second-order valence-electron chi connectivity index (χ2n) is 5.00. The Morgan fingerprint density at radius 1 is 1.26 bits per heavy atom. The molecule has 3 rings (SSSR count). The van der Waals surface area contributed by atoms with Crippen molar-refractivity contribution in [2.75, 3.05) is 0 Å². The largest absolute Gasteiger partial charge is 0.508 e. The monoisotopic (exact) mass is 310 g/mol. The van der Waals surface area contributed by atoms with Gasteiger partial charge in [0.15, 0.2) is 0 Å². The van der Waals surface area contributed by atoms with E-state index in [1.807, 2.05) is 6.92 Å². The molecule has 0 aliphatic heterocycles. The molecule has 0 spiro atoms. The summed E-state index contributed by atoms with van der Waals surface area (Å²) in [5, 5.41) is 22.8. The Hall–Kier alpha value is -3.35. The van der Waals surface area contributed by atoms with Gasteiger partial charge in [0.2, 0.25) is 0 Å². The highest BCUT2D eigenvalue weighted by molar-refractivity contribution is 5.98. The van der Waals surface area contributed by atoms with Crippen molar-refractivity contribution in [1.82, 2.24) is 15.4 Å². The molecule has 116 valence electrons. The minimum atomic E-state index is -0.393. The van der Waals surface area contributed by atoms with Crippen LogP contribution in [0.15, 0.2) is 41.5 Å². The number of amides is 1. The molecule has 0 radical (unpaired) electrons. The number of fused-ring (bicyclic) bond motifs is 1. The van der Waals surface area contributed by atoms with Crippen molar-refractivity contribution < 1.29 is 15.0 Å². The third kappa shape index (κ3) is 3.13. The standard InChI is InChI=1S/C16H14N4O3/c1-9-18-13-4-2-10(7-14(13)19-9)16(23)20-17-8-11-6-12(21)3-5-15(11)22/h2-8,21-22H,1H3,(H,18,19)(H,20,23)/b17-8+. The molecule has 0 atom stereocenters. The van der Waals surface area contributed by atoms with Crippen molar-refractivity contribution in [3.8, 4) is 11.5 Å². The van der Waals surface area contributed by atoms with Crippen LogP contribution in [-0.2, 0) is 0 Å². The van der Waals surface area contributed by atoms with Crippen molar-refractivity contribution in [2.45, 2.75) is 6.92 Å². The number of aromatic nitrogens is 2. The number of aromatic hydroxyl groups is 2. The summed E-state index contributed by atoms with van der Waals surface area (Å²) in [4.78, 5) is 19.4. The number of hydrogen-bond acceptors (Lipinski definition) is 5. The summed E-state index contributed by atoms with van der Waals surface area (Å²) in [7, 11) is 0.